The summed E-state index contributed by atoms with van der Waals surface area (Å²) < 4.78 is 2.00. The van der Waals surface area contributed by atoms with Crippen LogP contribution in [0, 0.1) is 0 Å². The monoisotopic (exact) mass is 254 g/mol. The van der Waals surface area contributed by atoms with Crippen LogP contribution in [0.5, 0.6) is 0 Å². The summed E-state index contributed by atoms with van der Waals surface area (Å²) in [6.07, 6.45) is 3.30. The Labute approximate surface area is 110 Å². The molecule has 3 aromatic rings. The summed E-state index contributed by atoms with van der Waals surface area (Å²) in [5.74, 6) is 1.71. The third kappa shape index (κ3) is 2.24. The van der Waals surface area contributed by atoms with Crippen molar-refractivity contribution in [2.75, 3.05) is 5.32 Å². The van der Waals surface area contributed by atoms with Gasteiger partial charge in [-0.3, -0.25) is 0 Å². The van der Waals surface area contributed by atoms with Crippen LogP contribution in [0.15, 0.2) is 36.9 Å². The molecule has 2 heterocycles. The van der Waals surface area contributed by atoms with Crippen LogP contribution in [0.1, 0.15) is 12.7 Å². The molecular formula is C13H14N6. The molecule has 0 amide bonds. The molecule has 2 aromatic heterocycles. The lowest BCUT2D eigenvalue weighted by Gasteiger charge is -2.08. The van der Waals surface area contributed by atoms with E-state index in [0.717, 1.165) is 29.1 Å². The van der Waals surface area contributed by atoms with Gasteiger partial charge in [0.15, 0.2) is 5.82 Å². The molecule has 1 aromatic carbocycles. The van der Waals surface area contributed by atoms with E-state index in [0.29, 0.717) is 6.54 Å². The van der Waals surface area contributed by atoms with Gasteiger partial charge in [0.1, 0.15) is 18.5 Å². The lowest BCUT2D eigenvalue weighted by atomic mass is 10.2. The Balaban J connectivity index is 1.86. The van der Waals surface area contributed by atoms with E-state index in [-0.39, 0.29) is 0 Å². The van der Waals surface area contributed by atoms with Gasteiger partial charge in [-0.2, -0.15) is 0 Å². The van der Waals surface area contributed by atoms with Crippen molar-refractivity contribution in [2.45, 2.75) is 20.0 Å². The minimum Gasteiger partial charge on any atom is -0.362 e. The quantitative estimate of drug-likeness (QED) is 0.769. The van der Waals surface area contributed by atoms with E-state index >= 15 is 0 Å². The van der Waals surface area contributed by atoms with Crippen LogP contribution in [0.2, 0.25) is 0 Å². The average Bonchev–Trinajstić information content (AvgIpc) is 2.92. The minimum atomic E-state index is 0.592. The van der Waals surface area contributed by atoms with Crippen molar-refractivity contribution >= 4 is 16.7 Å². The Kier molecular flexibility index (Phi) is 3.06. The van der Waals surface area contributed by atoms with Gasteiger partial charge >= 0.3 is 0 Å². The van der Waals surface area contributed by atoms with E-state index in [1.54, 1.807) is 12.7 Å². The van der Waals surface area contributed by atoms with Crippen LogP contribution in [0.4, 0.5) is 5.82 Å². The molecule has 0 aliphatic carbocycles. The summed E-state index contributed by atoms with van der Waals surface area (Å²) in [5.41, 5.74) is 0.928. The highest BCUT2D eigenvalue weighted by Crippen LogP contribution is 2.18. The largest absolute Gasteiger partial charge is 0.362 e. The number of aromatic nitrogens is 5. The fourth-order valence-corrected chi connectivity index (χ4v) is 1.99. The predicted molar refractivity (Wildman–Crippen MR) is 72.6 cm³/mol. The molecule has 3 rings (SSSR count). The summed E-state index contributed by atoms with van der Waals surface area (Å²) in [6.45, 7) is 3.51. The molecule has 6 nitrogen and oxygen atoms in total. The van der Waals surface area contributed by atoms with Crippen LogP contribution >= 0.6 is 0 Å². The second-order valence-electron chi connectivity index (χ2n) is 4.13. The van der Waals surface area contributed by atoms with Gasteiger partial charge in [-0.15, -0.1) is 10.2 Å². The number of benzene rings is 1. The fraction of sp³-hybridized carbons (Fsp3) is 0.231. The van der Waals surface area contributed by atoms with Gasteiger partial charge in [-0.05, 0) is 19.1 Å². The molecule has 0 unspecified atom stereocenters. The number of fused-ring (bicyclic) bond motifs is 1. The van der Waals surface area contributed by atoms with Crippen molar-refractivity contribution in [1.29, 1.82) is 0 Å². The zero-order valence-electron chi connectivity index (χ0n) is 10.6. The molecule has 0 bridgehead atoms. The standard InChI is InChI=1S/C13H14N6/c1-2-19-9-17-18-12(19)7-14-13-10-5-3-4-6-11(10)15-8-16-13/h3-6,8-9H,2,7H2,1H3,(H,14,15,16). The first-order valence-electron chi connectivity index (χ1n) is 6.19. The number of para-hydroxylation sites is 1. The second kappa shape index (κ2) is 5.01. The molecule has 0 atom stereocenters. The highest BCUT2D eigenvalue weighted by atomic mass is 15.3. The van der Waals surface area contributed by atoms with Crippen LogP contribution in [-0.2, 0) is 13.1 Å². The molecule has 19 heavy (non-hydrogen) atoms. The molecule has 0 saturated carbocycles. The molecule has 0 saturated heterocycles. The number of hydrogen-bond acceptors (Lipinski definition) is 5. The maximum absolute atomic E-state index is 4.28. The number of nitrogens with zero attached hydrogens (tertiary/aromatic N) is 5. The number of rotatable bonds is 4. The Morgan fingerprint density at radius 1 is 1.21 bits per heavy atom. The number of hydrogen-bond donors (Lipinski definition) is 1. The third-order valence-electron chi connectivity index (χ3n) is 2.99. The molecule has 6 heteroatoms. The van der Waals surface area contributed by atoms with Gasteiger partial charge in [-0.25, -0.2) is 9.97 Å². The second-order valence-corrected chi connectivity index (χ2v) is 4.13. The van der Waals surface area contributed by atoms with Gasteiger partial charge in [-0.1, -0.05) is 12.1 Å². The summed E-state index contributed by atoms with van der Waals surface area (Å²) in [7, 11) is 0. The predicted octanol–water partition coefficient (Wildman–Crippen LogP) is 1.85. The maximum Gasteiger partial charge on any atom is 0.152 e. The van der Waals surface area contributed by atoms with Crippen molar-refractivity contribution in [3.63, 3.8) is 0 Å². The first kappa shape index (κ1) is 11.6. The minimum absolute atomic E-state index is 0.592. The summed E-state index contributed by atoms with van der Waals surface area (Å²) in [6, 6.07) is 7.91. The smallest absolute Gasteiger partial charge is 0.152 e. The third-order valence-corrected chi connectivity index (χ3v) is 2.99. The van der Waals surface area contributed by atoms with E-state index < -0.39 is 0 Å². The van der Waals surface area contributed by atoms with Gasteiger partial charge in [0, 0.05) is 11.9 Å². The number of aryl methyl sites for hydroxylation is 1. The molecule has 96 valence electrons. The Morgan fingerprint density at radius 3 is 3.00 bits per heavy atom. The molecule has 0 fully saturated rings. The molecule has 0 radical (unpaired) electrons. The number of nitrogens with one attached hydrogen (secondary N) is 1. The highest BCUT2D eigenvalue weighted by Gasteiger charge is 2.05. The summed E-state index contributed by atoms with van der Waals surface area (Å²) in [4.78, 5) is 8.52. The van der Waals surface area contributed by atoms with Crippen molar-refractivity contribution in [2.24, 2.45) is 0 Å². The molecule has 0 aliphatic heterocycles. The van der Waals surface area contributed by atoms with E-state index in [1.165, 1.54) is 0 Å². The van der Waals surface area contributed by atoms with Crippen LogP contribution in [-0.4, -0.2) is 24.7 Å². The zero-order chi connectivity index (χ0) is 13.1. The van der Waals surface area contributed by atoms with Gasteiger partial charge in [0.05, 0.1) is 12.1 Å². The Morgan fingerprint density at radius 2 is 2.11 bits per heavy atom. The first-order chi connectivity index (χ1) is 9.38. The maximum atomic E-state index is 4.28. The van der Waals surface area contributed by atoms with Crippen molar-refractivity contribution in [1.82, 2.24) is 24.7 Å². The number of anilines is 1. The molecule has 0 spiro atoms. The van der Waals surface area contributed by atoms with Crippen molar-refractivity contribution in [3.05, 3.63) is 42.7 Å². The Hall–Kier alpha value is -2.50. The normalized spacial score (nSPS) is 10.8. The molecular weight excluding hydrogens is 240 g/mol. The van der Waals surface area contributed by atoms with Crippen molar-refractivity contribution < 1.29 is 0 Å². The Bertz CT molecular complexity index is 685. The fourth-order valence-electron chi connectivity index (χ4n) is 1.99. The average molecular weight is 254 g/mol. The van der Waals surface area contributed by atoms with E-state index in [1.807, 2.05) is 28.8 Å². The van der Waals surface area contributed by atoms with E-state index in [4.69, 9.17) is 0 Å². The van der Waals surface area contributed by atoms with E-state index in [2.05, 4.69) is 32.4 Å². The topological polar surface area (TPSA) is 68.5 Å². The van der Waals surface area contributed by atoms with Gasteiger partial charge < -0.3 is 9.88 Å². The molecule has 0 aliphatic rings. The van der Waals surface area contributed by atoms with Gasteiger partial charge in [0.2, 0.25) is 0 Å². The summed E-state index contributed by atoms with van der Waals surface area (Å²) in [5, 5.41) is 12.3. The lowest BCUT2D eigenvalue weighted by molar-refractivity contribution is 0.707. The first-order valence-corrected chi connectivity index (χ1v) is 6.19. The van der Waals surface area contributed by atoms with E-state index in [9.17, 15) is 0 Å². The SMILES string of the molecule is CCn1cnnc1CNc1ncnc2ccccc12. The summed E-state index contributed by atoms with van der Waals surface area (Å²) >= 11 is 0. The lowest BCUT2D eigenvalue weighted by Crippen LogP contribution is -2.08. The highest BCUT2D eigenvalue weighted by molar-refractivity contribution is 5.88. The van der Waals surface area contributed by atoms with Crippen LogP contribution in [0.3, 0.4) is 0 Å². The van der Waals surface area contributed by atoms with Gasteiger partial charge in [0.25, 0.3) is 0 Å². The van der Waals surface area contributed by atoms with Crippen LogP contribution < -0.4 is 5.32 Å². The zero-order valence-corrected chi connectivity index (χ0v) is 10.6. The van der Waals surface area contributed by atoms with Crippen LogP contribution in [0.25, 0.3) is 10.9 Å². The molecule has 1 N–H and O–H groups in total. The van der Waals surface area contributed by atoms with Crippen molar-refractivity contribution in [3.8, 4) is 0 Å².